The van der Waals surface area contributed by atoms with E-state index in [4.69, 9.17) is 32.7 Å². The molecule has 0 fully saturated rings. The van der Waals surface area contributed by atoms with Gasteiger partial charge in [0.15, 0.2) is 11.5 Å². The fourth-order valence-corrected chi connectivity index (χ4v) is 3.49. The van der Waals surface area contributed by atoms with Crippen LogP contribution in [0, 0.1) is 10.1 Å². The van der Waals surface area contributed by atoms with Gasteiger partial charge in [-0.1, -0.05) is 41.4 Å². The number of methoxy groups -OCH3 is 1. The van der Waals surface area contributed by atoms with E-state index in [1.807, 2.05) is 36.4 Å². The third kappa shape index (κ3) is 6.50. The fraction of sp³-hybridized carbons (Fsp3) is 0.217. The van der Waals surface area contributed by atoms with E-state index in [9.17, 15) is 10.1 Å². The minimum Gasteiger partial charge on any atom is -0.493 e. The SMILES string of the molecule is COc1cc(CNCCNc2ccc([N+](=O)[O-])cc2)cc(Cl)c1OCc1ccccc1Cl. The Morgan fingerprint density at radius 3 is 2.44 bits per heavy atom. The van der Waals surface area contributed by atoms with Gasteiger partial charge in [-0.25, -0.2) is 0 Å². The maximum Gasteiger partial charge on any atom is 0.269 e. The van der Waals surface area contributed by atoms with Gasteiger partial charge in [0.25, 0.3) is 5.69 Å². The Kier molecular flexibility index (Phi) is 8.56. The first-order valence-electron chi connectivity index (χ1n) is 9.89. The highest BCUT2D eigenvalue weighted by molar-refractivity contribution is 6.32. The molecule has 3 rings (SSSR count). The lowest BCUT2D eigenvalue weighted by Gasteiger charge is -2.15. The summed E-state index contributed by atoms with van der Waals surface area (Å²) < 4.78 is 11.3. The zero-order chi connectivity index (χ0) is 22.9. The van der Waals surface area contributed by atoms with Crippen molar-refractivity contribution in [3.63, 3.8) is 0 Å². The van der Waals surface area contributed by atoms with Crippen molar-refractivity contribution in [1.29, 1.82) is 0 Å². The summed E-state index contributed by atoms with van der Waals surface area (Å²) in [6, 6.07) is 17.5. The summed E-state index contributed by atoms with van der Waals surface area (Å²) in [5.74, 6) is 1.02. The molecule has 2 N–H and O–H groups in total. The van der Waals surface area contributed by atoms with Crippen molar-refractivity contribution in [1.82, 2.24) is 5.32 Å². The summed E-state index contributed by atoms with van der Waals surface area (Å²) >= 11 is 12.6. The lowest BCUT2D eigenvalue weighted by atomic mass is 10.2. The molecule has 0 bridgehead atoms. The Morgan fingerprint density at radius 2 is 1.75 bits per heavy atom. The van der Waals surface area contributed by atoms with Crippen LogP contribution in [0.3, 0.4) is 0 Å². The molecular formula is C23H23Cl2N3O4. The van der Waals surface area contributed by atoms with Gasteiger partial charge in [-0.05, 0) is 35.9 Å². The van der Waals surface area contributed by atoms with Crippen LogP contribution in [0.25, 0.3) is 0 Å². The van der Waals surface area contributed by atoms with E-state index in [0.29, 0.717) is 41.2 Å². The number of halogens is 2. The lowest BCUT2D eigenvalue weighted by Crippen LogP contribution is -2.21. The molecule has 0 aliphatic rings. The first-order chi connectivity index (χ1) is 15.5. The Bertz CT molecular complexity index is 1060. The second-order valence-electron chi connectivity index (χ2n) is 6.90. The zero-order valence-corrected chi connectivity index (χ0v) is 18.9. The molecule has 0 aliphatic heterocycles. The minimum atomic E-state index is -0.419. The van der Waals surface area contributed by atoms with Crippen LogP contribution in [0.4, 0.5) is 11.4 Å². The minimum absolute atomic E-state index is 0.0683. The molecule has 168 valence electrons. The van der Waals surface area contributed by atoms with Crippen LogP contribution < -0.4 is 20.1 Å². The topological polar surface area (TPSA) is 85.7 Å². The van der Waals surface area contributed by atoms with Gasteiger partial charge in [-0.15, -0.1) is 0 Å². The average Bonchev–Trinajstić information content (AvgIpc) is 2.79. The maximum atomic E-state index is 10.7. The molecular weight excluding hydrogens is 453 g/mol. The second-order valence-corrected chi connectivity index (χ2v) is 7.71. The maximum absolute atomic E-state index is 10.7. The molecule has 0 heterocycles. The molecule has 0 aromatic heterocycles. The van der Waals surface area contributed by atoms with Crippen LogP contribution in [-0.2, 0) is 13.2 Å². The number of rotatable bonds is 11. The summed E-state index contributed by atoms with van der Waals surface area (Å²) in [4.78, 5) is 10.3. The van der Waals surface area contributed by atoms with Gasteiger partial charge in [0.1, 0.15) is 6.61 Å². The van der Waals surface area contributed by atoms with Crippen LogP contribution in [0.2, 0.25) is 10.0 Å². The summed E-state index contributed by atoms with van der Waals surface area (Å²) in [6.45, 7) is 2.20. The Hall–Kier alpha value is -3.00. The van der Waals surface area contributed by atoms with Crippen LogP contribution in [0.1, 0.15) is 11.1 Å². The number of nitro benzene ring substituents is 1. The number of anilines is 1. The van der Waals surface area contributed by atoms with Gasteiger partial charge in [0.2, 0.25) is 0 Å². The van der Waals surface area contributed by atoms with Crippen molar-refractivity contribution in [3.05, 3.63) is 92.0 Å². The molecule has 3 aromatic carbocycles. The van der Waals surface area contributed by atoms with Gasteiger partial charge < -0.3 is 20.1 Å². The molecule has 0 radical (unpaired) electrons. The second kappa shape index (κ2) is 11.6. The number of non-ortho nitro benzene ring substituents is 1. The summed E-state index contributed by atoms with van der Waals surface area (Å²) in [5, 5.41) is 18.3. The highest BCUT2D eigenvalue weighted by Gasteiger charge is 2.13. The van der Waals surface area contributed by atoms with Gasteiger partial charge in [-0.2, -0.15) is 0 Å². The molecule has 0 saturated carbocycles. The standard InChI is InChI=1S/C23H23Cl2N3O4/c1-31-22-13-16(12-21(25)23(22)32-15-17-4-2-3-5-20(17)24)14-26-10-11-27-18-6-8-19(9-7-18)28(29)30/h2-9,12-13,26-27H,10-11,14-15H2,1H3. The van der Waals surface area contributed by atoms with E-state index in [2.05, 4.69) is 10.6 Å². The number of hydrogen-bond acceptors (Lipinski definition) is 6. The van der Waals surface area contributed by atoms with Crippen molar-refractivity contribution >= 4 is 34.6 Å². The van der Waals surface area contributed by atoms with Crippen molar-refractivity contribution in [2.45, 2.75) is 13.2 Å². The molecule has 32 heavy (non-hydrogen) atoms. The number of benzene rings is 3. The third-order valence-electron chi connectivity index (χ3n) is 4.66. The molecule has 3 aromatic rings. The summed E-state index contributed by atoms with van der Waals surface area (Å²) in [6.07, 6.45) is 0. The molecule has 0 saturated heterocycles. The van der Waals surface area contributed by atoms with Gasteiger partial charge in [0, 0.05) is 48.0 Å². The summed E-state index contributed by atoms with van der Waals surface area (Å²) in [7, 11) is 1.57. The molecule has 0 aliphatic carbocycles. The van der Waals surface area contributed by atoms with Crippen LogP contribution >= 0.6 is 23.2 Å². The first-order valence-corrected chi connectivity index (χ1v) is 10.6. The van der Waals surface area contributed by atoms with E-state index in [1.54, 1.807) is 19.2 Å². The van der Waals surface area contributed by atoms with E-state index in [0.717, 1.165) is 16.8 Å². The van der Waals surface area contributed by atoms with E-state index >= 15 is 0 Å². The molecule has 7 nitrogen and oxygen atoms in total. The van der Waals surface area contributed by atoms with Gasteiger partial charge in [-0.3, -0.25) is 10.1 Å². The largest absolute Gasteiger partial charge is 0.493 e. The van der Waals surface area contributed by atoms with Crippen LogP contribution in [-0.4, -0.2) is 25.1 Å². The molecule has 0 spiro atoms. The average molecular weight is 476 g/mol. The highest BCUT2D eigenvalue weighted by atomic mass is 35.5. The number of nitrogens with zero attached hydrogens (tertiary/aromatic N) is 1. The van der Waals surface area contributed by atoms with E-state index in [-0.39, 0.29) is 12.3 Å². The fourth-order valence-electron chi connectivity index (χ4n) is 3.01. The number of nitro groups is 1. The van der Waals surface area contributed by atoms with Crippen molar-refractivity contribution in [2.24, 2.45) is 0 Å². The zero-order valence-electron chi connectivity index (χ0n) is 17.4. The first kappa shape index (κ1) is 23.7. The number of nitrogens with one attached hydrogen (secondary N) is 2. The molecule has 0 atom stereocenters. The van der Waals surface area contributed by atoms with Crippen molar-refractivity contribution in [3.8, 4) is 11.5 Å². The van der Waals surface area contributed by atoms with Crippen LogP contribution in [0.15, 0.2) is 60.7 Å². The van der Waals surface area contributed by atoms with E-state index < -0.39 is 4.92 Å². The monoisotopic (exact) mass is 475 g/mol. The van der Waals surface area contributed by atoms with Crippen molar-refractivity contribution < 1.29 is 14.4 Å². The Labute approximate surface area is 196 Å². The Balaban J connectivity index is 1.50. The highest BCUT2D eigenvalue weighted by Crippen LogP contribution is 2.37. The predicted octanol–water partition coefficient (Wildman–Crippen LogP) is 5.69. The molecule has 0 amide bonds. The molecule has 9 heteroatoms. The van der Waals surface area contributed by atoms with Gasteiger partial charge in [0.05, 0.1) is 17.1 Å². The lowest BCUT2D eigenvalue weighted by molar-refractivity contribution is -0.384. The van der Waals surface area contributed by atoms with Crippen molar-refractivity contribution in [2.75, 3.05) is 25.5 Å². The summed E-state index contributed by atoms with van der Waals surface area (Å²) in [5.41, 5.74) is 2.70. The van der Waals surface area contributed by atoms with Gasteiger partial charge >= 0.3 is 0 Å². The van der Waals surface area contributed by atoms with E-state index in [1.165, 1.54) is 12.1 Å². The molecule has 0 unspecified atom stereocenters. The van der Waals surface area contributed by atoms with Crippen LogP contribution in [0.5, 0.6) is 11.5 Å². The third-order valence-corrected chi connectivity index (χ3v) is 5.31. The number of ether oxygens (including phenoxy) is 2. The Morgan fingerprint density at radius 1 is 1.00 bits per heavy atom. The quantitative estimate of drug-likeness (QED) is 0.210. The smallest absolute Gasteiger partial charge is 0.269 e. The normalized spacial score (nSPS) is 10.6. The predicted molar refractivity (Wildman–Crippen MR) is 127 cm³/mol. The number of hydrogen-bond donors (Lipinski definition) is 2.